The molecule has 1 aromatic carbocycles. The molecule has 0 amide bonds. The zero-order valence-corrected chi connectivity index (χ0v) is 22.6. The molecule has 5 rings (SSSR count). The molecule has 11 heteroatoms. The van der Waals surface area contributed by atoms with Crippen LogP contribution < -0.4 is 20.3 Å². The van der Waals surface area contributed by atoms with Crippen molar-refractivity contribution in [2.45, 2.75) is 32.7 Å². The van der Waals surface area contributed by atoms with Crippen molar-refractivity contribution in [1.29, 1.82) is 0 Å². The Morgan fingerprint density at radius 3 is 2.38 bits per heavy atom. The van der Waals surface area contributed by atoms with Crippen LogP contribution in [-0.4, -0.2) is 63.9 Å². The third-order valence-electron chi connectivity index (χ3n) is 6.59. The first-order valence-electron chi connectivity index (χ1n) is 12.3. The molecular formula is C26H30Cl2N8O. The lowest BCUT2D eigenvalue weighted by molar-refractivity contribution is 0.415. The van der Waals surface area contributed by atoms with Gasteiger partial charge in [0.05, 0.1) is 28.4 Å². The summed E-state index contributed by atoms with van der Waals surface area (Å²) in [4.78, 5) is 15.7. The molecule has 9 nitrogen and oxygen atoms in total. The number of nitrogens with zero attached hydrogens (tertiary/aromatic N) is 6. The second-order valence-electron chi connectivity index (χ2n) is 9.14. The number of fused-ring (bicyclic) bond motifs is 1. The molecule has 194 valence electrons. The van der Waals surface area contributed by atoms with Crippen molar-refractivity contribution in [2.24, 2.45) is 0 Å². The Hall–Kier alpha value is -3.14. The first-order chi connectivity index (χ1) is 17.9. The molecule has 1 saturated heterocycles. The van der Waals surface area contributed by atoms with Crippen LogP contribution in [0.3, 0.4) is 0 Å². The molecule has 0 spiro atoms. The van der Waals surface area contributed by atoms with Crippen LogP contribution in [0, 0.1) is 13.8 Å². The van der Waals surface area contributed by atoms with Gasteiger partial charge in [-0.2, -0.15) is 9.61 Å². The molecular weight excluding hydrogens is 511 g/mol. The standard InChI is InChI=1S/C26H30Cl2N8O/c1-16-13-22(30-10-9-29-18-5-11-35(12-6-18)26-31-7-4-8-32-26)36-25(33-16)23(17(2)34-36)24-20(27)14-19(37-3)15-21(24)28/h4,7-8,13-15,18,29-30H,5-6,9-12H2,1-3H3. The lowest BCUT2D eigenvalue weighted by atomic mass is 10.1. The molecule has 37 heavy (non-hydrogen) atoms. The van der Waals surface area contributed by atoms with Crippen LogP contribution in [0.5, 0.6) is 5.75 Å². The second kappa shape index (κ2) is 11.1. The van der Waals surface area contributed by atoms with Gasteiger partial charge in [-0.15, -0.1) is 0 Å². The van der Waals surface area contributed by atoms with Gasteiger partial charge in [-0.25, -0.2) is 15.0 Å². The number of methoxy groups -OCH3 is 1. The summed E-state index contributed by atoms with van der Waals surface area (Å²) in [5.41, 5.74) is 3.89. The van der Waals surface area contributed by atoms with Crippen LogP contribution in [-0.2, 0) is 0 Å². The number of hydrogen-bond acceptors (Lipinski definition) is 8. The van der Waals surface area contributed by atoms with Crippen LogP contribution in [0.15, 0.2) is 36.7 Å². The van der Waals surface area contributed by atoms with Gasteiger partial charge < -0.3 is 20.3 Å². The molecule has 0 aliphatic carbocycles. The smallest absolute Gasteiger partial charge is 0.225 e. The maximum Gasteiger partial charge on any atom is 0.225 e. The maximum absolute atomic E-state index is 6.61. The average molecular weight is 541 g/mol. The van der Waals surface area contributed by atoms with Gasteiger partial charge in [0.1, 0.15) is 11.6 Å². The van der Waals surface area contributed by atoms with Gasteiger partial charge in [0.2, 0.25) is 5.95 Å². The number of halogens is 2. The highest BCUT2D eigenvalue weighted by Crippen LogP contribution is 2.41. The molecule has 4 heterocycles. The molecule has 3 aromatic heterocycles. The van der Waals surface area contributed by atoms with E-state index in [1.54, 1.807) is 31.6 Å². The Kier molecular flexibility index (Phi) is 7.64. The monoisotopic (exact) mass is 540 g/mol. The molecule has 1 aliphatic heterocycles. The van der Waals surface area contributed by atoms with E-state index in [9.17, 15) is 0 Å². The number of aryl methyl sites for hydroxylation is 2. The molecule has 2 N–H and O–H groups in total. The minimum Gasteiger partial charge on any atom is -0.497 e. The van der Waals surface area contributed by atoms with Crippen LogP contribution in [0.25, 0.3) is 16.8 Å². The van der Waals surface area contributed by atoms with Crippen molar-refractivity contribution in [2.75, 3.05) is 43.5 Å². The van der Waals surface area contributed by atoms with E-state index in [0.29, 0.717) is 33.0 Å². The highest BCUT2D eigenvalue weighted by atomic mass is 35.5. The van der Waals surface area contributed by atoms with E-state index in [1.165, 1.54) is 0 Å². The molecule has 1 aliphatic rings. The highest BCUT2D eigenvalue weighted by molar-refractivity contribution is 6.39. The minimum absolute atomic E-state index is 0.471. The number of nitrogens with one attached hydrogen (secondary N) is 2. The Labute approximate surface area is 226 Å². The predicted molar refractivity (Wildman–Crippen MR) is 148 cm³/mol. The van der Waals surface area contributed by atoms with Gasteiger partial charge in [-0.05, 0) is 44.9 Å². The number of hydrogen-bond donors (Lipinski definition) is 2. The van der Waals surface area contributed by atoms with E-state index in [-0.39, 0.29) is 0 Å². The first kappa shape index (κ1) is 25.5. The van der Waals surface area contributed by atoms with E-state index < -0.39 is 0 Å². The number of piperidine rings is 1. The summed E-state index contributed by atoms with van der Waals surface area (Å²) in [6.45, 7) is 7.39. The summed E-state index contributed by atoms with van der Waals surface area (Å²) in [6, 6.07) is 7.82. The Balaban J connectivity index is 1.26. The van der Waals surface area contributed by atoms with Crippen molar-refractivity contribution in [3.05, 3.63) is 58.1 Å². The van der Waals surface area contributed by atoms with Crippen molar-refractivity contribution >= 4 is 40.6 Å². The number of aromatic nitrogens is 5. The number of rotatable bonds is 8. The van der Waals surface area contributed by atoms with E-state index in [4.69, 9.17) is 38.0 Å². The summed E-state index contributed by atoms with van der Waals surface area (Å²) in [6.07, 6.45) is 5.70. The maximum atomic E-state index is 6.61. The fourth-order valence-corrected chi connectivity index (χ4v) is 5.43. The van der Waals surface area contributed by atoms with Gasteiger partial charge >= 0.3 is 0 Å². The van der Waals surface area contributed by atoms with Gasteiger partial charge in [-0.3, -0.25) is 0 Å². The van der Waals surface area contributed by atoms with E-state index in [1.807, 2.05) is 30.5 Å². The van der Waals surface area contributed by atoms with Crippen LogP contribution in [0.2, 0.25) is 10.0 Å². The largest absolute Gasteiger partial charge is 0.497 e. The molecule has 0 radical (unpaired) electrons. The summed E-state index contributed by atoms with van der Waals surface area (Å²) in [5.74, 6) is 2.28. The van der Waals surface area contributed by atoms with E-state index in [0.717, 1.165) is 67.7 Å². The summed E-state index contributed by atoms with van der Waals surface area (Å²) in [7, 11) is 1.59. The zero-order valence-electron chi connectivity index (χ0n) is 21.1. The zero-order chi connectivity index (χ0) is 25.9. The average Bonchev–Trinajstić information content (AvgIpc) is 3.22. The van der Waals surface area contributed by atoms with Crippen molar-refractivity contribution in [3.63, 3.8) is 0 Å². The lowest BCUT2D eigenvalue weighted by Crippen LogP contribution is -2.44. The van der Waals surface area contributed by atoms with Gasteiger partial charge in [0.25, 0.3) is 0 Å². The van der Waals surface area contributed by atoms with E-state index >= 15 is 0 Å². The quantitative estimate of drug-likeness (QED) is 0.308. The molecule has 1 fully saturated rings. The van der Waals surface area contributed by atoms with Crippen LogP contribution in [0.1, 0.15) is 24.2 Å². The minimum atomic E-state index is 0.471. The summed E-state index contributed by atoms with van der Waals surface area (Å²) in [5, 5.41) is 13.0. The van der Waals surface area contributed by atoms with Gasteiger partial charge in [0, 0.05) is 61.9 Å². The van der Waals surface area contributed by atoms with Crippen LogP contribution in [0.4, 0.5) is 11.8 Å². The lowest BCUT2D eigenvalue weighted by Gasteiger charge is -2.32. The Morgan fingerprint density at radius 1 is 1.00 bits per heavy atom. The molecule has 0 atom stereocenters. The number of anilines is 2. The topological polar surface area (TPSA) is 92.5 Å². The van der Waals surface area contributed by atoms with Crippen molar-refractivity contribution in [3.8, 4) is 16.9 Å². The normalized spacial score (nSPS) is 14.4. The fourth-order valence-electron chi connectivity index (χ4n) is 4.77. The van der Waals surface area contributed by atoms with Gasteiger partial charge in [-0.1, -0.05) is 23.2 Å². The van der Waals surface area contributed by atoms with Crippen molar-refractivity contribution < 1.29 is 4.74 Å². The first-order valence-corrected chi connectivity index (χ1v) is 13.1. The number of benzene rings is 1. The van der Waals surface area contributed by atoms with Gasteiger partial charge in [0.15, 0.2) is 5.65 Å². The summed E-state index contributed by atoms with van der Waals surface area (Å²) < 4.78 is 7.13. The molecule has 4 aromatic rings. The van der Waals surface area contributed by atoms with E-state index in [2.05, 4.69) is 25.5 Å². The molecule has 0 unspecified atom stereocenters. The third kappa shape index (κ3) is 5.44. The molecule has 0 saturated carbocycles. The predicted octanol–water partition coefficient (Wildman–Crippen LogP) is 4.79. The fraction of sp³-hybridized carbons (Fsp3) is 0.385. The highest BCUT2D eigenvalue weighted by Gasteiger charge is 2.22. The number of ether oxygens (including phenoxy) is 1. The summed E-state index contributed by atoms with van der Waals surface area (Å²) >= 11 is 13.2. The third-order valence-corrected chi connectivity index (χ3v) is 7.18. The second-order valence-corrected chi connectivity index (χ2v) is 9.95. The van der Waals surface area contributed by atoms with Crippen molar-refractivity contribution in [1.82, 2.24) is 29.9 Å². The Morgan fingerprint density at radius 2 is 1.70 bits per heavy atom. The molecule has 0 bridgehead atoms. The van der Waals surface area contributed by atoms with Crippen LogP contribution >= 0.6 is 23.2 Å². The SMILES string of the molecule is COc1cc(Cl)c(-c2c(C)nn3c(NCCNC4CCN(c5ncccn5)CC4)cc(C)nc23)c(Cl)c1. The Bertz CT molecular complexity index is 1360.